The van der Waals surface area contributed by atoms with Crippen molar-refractivity contribution in [2.45, 2.75) is 32.0 Å². The van der Waals surface area contributed by atoms with E-state index in [1.54, 1.807) is 46.4 Å². The van der Waals surface area contributed by atoms with Crippen LogP contribution in [0.3, 0.4) is 0 Å². The van der Waals surface area contributed by atoms with Crippen molar-refractivity contribution in [1.29, 1.82) is 0 Å². The van der Waals surface area contributed by atoms with Crippen LogP contribution in [-0.4, -0.2) is 45.7 Å². The van der Waals surface area contributed by atoms with Crippen LogP contribution in [0.4, 0.5) is 5.69 Å². The Morgan fingerprint density at radius 3 is 2.91 bits per heavy atom. The van der Waals surface area contributed by atoms with Crippen molar-refractivity contribution < 1.29 is 18.7 Å². The Kier molecular flexibility index (Phi) is 7.14. The van der Waals surface area contributed by atoms with Crippen LogP contribution < -0.4 is 5.32 Å². The number of likely N-dealkylation sites (tertiary alicyclic amines) is 1. The number of ether oxygens (including phenoxy) is 1. The molecule has 0 aliphatic carbocycles. The van der Waals surface area contributed by atoms with Gasteiger partial charge in [-0.05, 0) is 36.6 Å². The van der Waals surface area contributed by atoms with Crippen molar-refractivity contribution >= 4 is 23.6 Å². The SMILES string of the molecule is O=C(Nc1cnn(CCOCc2ccccc2)c1)C1CCCN1C(=O)C=Cc1ccco1. The number of amides is 2. The average molecular weight is 434 g/mol. The Morgan fingerprint density at radius 2 is 2.09 bits per heavy atom. The van der Waals surface area contributed by atoms with Crippen LogP contribution >= 0.6 is 0 Å². The number of carbonyl (C=O) groups excluding carboxylic acids is 2. The van der Waals surface area contributed by atoms with Gasteiger partial charge in [-0.3, -0.25) is 14.3 Å². The van der Waals surface area contributed by atoms with Gasteiger partial charge in [0.05, 0.1) is 37.9 Å². The minimum atomic E-state index is -0.499. The number of nitrogens with one attached hydrogen (secondary N) is 1. The monoisotopic (exact) mass is 434 g/mol. The molecule has 1 fully saturated rings. The lowest BCUT2D eigenvalue weighted by Crippen LogP contribution is -2.42. The first-order valence-corrected chi connectivity index (χ1v) is 10.7. The molecule has 0 bridgehead atoms. The molecule has 0 spiro atoms. The van der Waals surface area contributed by atoms with Crippen LogP contribution in [0, 0.1) is 0 Å². The van der Waals surface area contributed by atoms with Gasteiger partial charge in [0, 0.05) is 18.8 Å². The third-order valence-corrected chi connectivity index (χ3v) is 5.25. The summed E-state index contributed by atoms with van der Waals surface area (Å²) >= 11 is 0. The molecule has 32 heavy (non-hydrogen) atoms. The highest BCUT2D eigenvalue weighted by atomic mass is 16.5. The zero-order valence-corrected chi connectivity index (χ0v) is 17.7. The predicted octanol–water partition coefficient (Wildman–Crippen LogP) is 3.34. The fourth-order valence-corrected chi connectivity index (χ4v) is 3.64. The largest absolute Gasteiger partial charge is 0.465 e. The van der Waals surface area contributed by atoms with Gasteiger partial charge in [0.2, 0.25) is 11.8 Å². The maximum absolute atomic E-state index is 12.8. The fourth-order valence-electron chi connectivity index (χ4n) is 3.64. The van der Waals surface area contributed by atoms with E-state index in [0.717, 1.165) is 12.0 Å². The number of rotatable bonds is 9. The number of aromatic nitrogens is 2. The molecule has 3 heterocycles. The molecule has 2 amide bonds. The van der Waals surface area contributed by atoms with Gasteiger partial charge >= 0.3 is 0 Å². The van der Waals surface area contributed by atoms with Crippen LogP contribution in [0.2, 0.25) is 0 Å². The fraction of sp³-hybridized carbons (Fsp3) is 0.292. The zero-order valence-electron chi connectivity index (χ0n) is 17.7. The van der Waals surface area contributed by atoms with Crippen LogP contribution in [0.5, 0.6) is 0 Å². The first kappa shape index (κ1) is 21.6. The van der Waals surface area contributed by atoms with Gasteiger partial charge in [0.15, 0.2) is 0 Å². The minimum absolute atomic E-state index is 0.203. The molecule has 1 N–H and O–H groups in total. The van der Waals surface area contributed by atoms with Crippen LogP contribution in [0.25, 0.3) is 6.08 Å². The van der Waals surface area contributed by atoms with Gasteiger partial charge in [0.25, 0.3) is 0 Å². The molecule has 1 aliphatic heterocycles. The van der Waals surface area contributed by atoms with Gasteiger partial charge in [0.1, 0.15) is 11.8 Å². The lowest BCUT2D eigenvalue weighted by atomic mass is 10.2. The summed E-state index contributed by atoms with van der Waals surface area (Å²) in [5.74, 6) is 0.186. The van der Waals surface area contributed by atoms with E-state index in [4.69, 9.17) is 9.15 Å². The van der Waals surface area contributed by atoms with E-state index in [-0.39, 0.29) is 11.8 Å². The smallest absolute Gasteiger partial charge is 0.247 e. The summed E-state index contributed by atoms with van der Waals surface area (Å²) in [6, 6.07) is 13.0. The molecule has 4 rings (SSSR count). The summed E-state index contributed by atoms with van der Waals surface area (Å²) in [6.07, 6.45) is 9.39. The number of furan rings is 1. The Bertz CT molecular complexity index is 1040. The van der Waals surface area contributed by atoms with Crippen molar-refractivity contribution in [1.82, 2.24) is 14.7 Å². The molecule has 3 aromatic rings. The number of anilines is 1. The summed E-state index contributed by atoms with van der Waals surface area (Å²) < 4.78 is 12.6. The lowest BCUT2D eigenvalue weighted by Gasteiger charge is -2.22. The second-order valence-electron chi connectivity index (χ2n) is 7.56. The highest BCUT2D eigenvalue weighted by Crippen LogP contribution is 2.20. The van der Waals surface area contributed by atoms with Crippen molar-refractivity contribution in [3.8, 4) is 0 Å². The van der Waals surface area contributed by atoms with Crippen molar-refractivity contribution in [2.24, 2.45) is 0 Å². The number of nitrogens with zero attached hydrogens (tertiary/aromatic N) is 3. The number of hydrogen-bond acceptors (Lipinski definition) is 5. The Hall–Kier alpha value is -3.65. The Morgan fingerprint density at radius 1 is 1.22 bits per heavy atom. The molecule has 8 heteroatoms. The van der Waals surface area contributed by atoms with Crippen molar-refractivity contribution in [3.05, 3.63) is 78.5 Å². The maximum Gasteiger partial charge on any atom is 0.247 e. The van der Waals surface area contributed by atoms with Crippen molar-refractivity contribution in [3.63, 3.8) is 0 Å². The third kappa shape index (κ3) is 5.73. The van der Waals surface area contributed by atoms with E-state index in [9.17, 15) is 9.59 Å². The highest BCUT2D eigenvalue weighted by molar-refractivity contribution is 6.00. The molecule has 1 aromatic carbocycles. The van der Waals surface area contributed by atoms with Gasteiger partial charge in [-0.15, -0.1) is 0 Å². The van der Waals surface area contributed by atoms with E-state index in [1.807, 2.05) is 30.3 Å². The molecule has 1 saturated heterocycles. The van der Waals surface area contributed by atoms with E-state index >= 15 is 0 Å². The number of carbonyl (C=O) groups is 2. The molecule has 8 nitrogen and oxygen atoms in total. The zero-order chi connectivity index (χ0) is 22.2. The molecule has 1 aliphatic rings. The van der Waals surface area contributed by atoms with Crippen LogP contribution in [0.15, 0.2) is 71.6 Å². The van der Waals surface area contributed by atoms with Crippen molar-refractivity contribution in [2.75, 3.05) is 18.5 Å². The number of hydrogen-bond donors (Lipinski definition) is 1. The first-order chi connectivity index (χ1) is 15.7. The van der Waals surface area contributed by atoms with E-state index in [0.29, 0.717) is 44.2 Å². The molecule has 166 valence electrons. The highest BCUT2D eigenvalue weighted by Gasteiger charge is 2.33. The topological polar surface area (TPSA) is 89.6 Å². The molecule has 1 unspecified atom stereocenters. The second-order valence-corrected chi connectivity index (χ2v) is 7.56. The Balaban J connectivity index is 1.25. The van der Waals surface area contributed by atoms with Gasteiger partial charge in [-0.1, -0.05) is 30.3 Å². The molecule has 0 saturated carbocycles. The van der Waals surface area contributed by atoms with Gasteiger partial charge in [-0.25, -0.2) is 0 Å². The summed E-state index contributed by atoms with van der Waals surface area (Å²) in [6.45, 7) is 2.19. The molecule has 1 atom stereocenters. The summed E-state index contributed by atoms with van der Waals surface area (Å²) in [5, 5.41) is 7.15. The summed E-state index contributed by atoms with van der Waals surface area (Å²) in [7, 11) is 0. The van der Waals surface area contributed by atoms with Gasteiger partial charge in [-0.2, -0.15) is 5.10 Å². The quantitative estimate of drug-likeness (QED) is 0.412. The maximum atomic E-state index is 12.8. The van der Waals surface area contributed by atoms with Crippen LogP contribution in [-0.2, 0) is 27.5 Å². The average Bonchev–Trinajstić information content (AvgIpc) is 3.58. The Labute approximate surface area is 186 Å². The predicted molar refractivity (Wildman–Crippen MR) is 119 cm³/mol. The van der Waals surface area contributed by atoms with E-state index in [1.165, 1.54) is 6.08 Å². The molecule has 0 radical (unpaired) electrons. The molecular weight excluding hydrogens is 408 g/mol. The van der Waals surface area contributed by atoms with E-state index < -0.39 is 6.04 Å². The summed E-state index contributed by atoms with van der Waals surface area (Å²) in [5.41, 5.74) is 1.72. The standard InChI is InChI=1S/C24H26N4O4/c29-23(11-10-21-8-5-14-32-21)28-12-4-9-22(28)24(30)26-20-16-25-27(17-20)13-15-31-18-19-6-2-1-3-7-19/h1-3,5-8,10-11,14,16-17,22H,4,9,12-13,15,18H2,(H,26,30). The molecular formula is C24H26N4O4. The third-order valence-electron chi connectivity index (χ3n) is 5.25. The van der Waals surface area contributed by atoms with Crippen LogP contribution in [0.1, 0.15) is 24.2 Å². The second kappa shape index (κ2) is 10.6. The van der Waals surface area contributed by atoms with Gasteiger partial charge < -0.3 is 19.4 Å². The minimum Gasteiger partial charge on any atom is -0.465 e. The molecule has 2 aromatic heterocycles. The number of benzene rings is 1. The normalized spacial score (nSPS) is 16.0. The lowest BCUT2D eigenvalue weighted by molar-refractivity contribution is -0.132. The summed E-state index contributed by atoms with van der Waals surface area (Å²) in [4.78, 5) is 26.9. The first-order valence-electron chi connectivity index (χ1n) is 10.7. The van der Waals surface area contributed by atoms with E-state index in [2.05, 4.69) is 10.4 Å².